The van der Waals surface area contributed by atoms with E-state index >= 15 is 0 Å². The van der Waals surface area contributed by atoms with Crippen molar-refractivity contribution in [1.82, 2.24) is 10.9 Å². The number of nitrogens with zero attached hydrogens (tertiary/aromatic N) is 1. The van der Waals surface area contributed by atoms with Crippen molar-refractivity contribution < 1.29 is 9.59 Å². The SMILES string of the molecule is CCN(CC)c1ccc(C(=O)NNC(=O)/C=C/c2ccccc2C)cc1. The van der Waals surface area contributed by atoms with Gasteiger partial charge >= 0.3 is 0 Å². The molecule has 0 aliphatic carbocycles. The van der Waals surface area contributed by atoms with Crippen LogP contribution >= 0.6 is 0 Å². The van der Waals surface area contributed by atoms with Gasteiger partial charge in [0.05, 0.1) is 0 Å². The molecule has 2 rings (SSSR count). The van der Waals surface area contributed by atoms with Gasteiger partial charge in [-0.3, -0.25) is 20.4 Å². The molecule has 2 N–H and O–H groups in total. The number of rotatable bonds is 6. The van der Waals surface area contributed by atoms with Gasteiger partial charge < -0.3 is 4.90 Å². The fourth-order valence-corrected chi connectivity index (χ4v) is 2.58. The van der Waals surface area contributed by atoms with Crippen LogP contribution in [0.3, 0.4) is 0 Å². The largest absolute Gasteiger partial charge is 0.372 e. The Morgan fingerprint density at radius 3 is 2.23 bits per heavy atom. The maximum absolute atomic E-state index is 12.1. The molecule has 2 aromatic rings. The molecule has 0 aliphatic heterocycles. The molecule has 0 atom stereocenters. The van der Waals surface area contributed by atoms with Crippen LogP contribution in [0.25, 0.3) is 6.08 Å². The summed E-state index contributed by atoms with van der Waals surface area (Å²) in [5.74, 6) is -0.741. The third-order valence-electron chi connectivity index (χ3n) is 4.16. The van der Waals surface area contributed by atoms with Crippen molar-refractivity contribution in [2.75, 3.05) is 18.0 Å². The lowest BCUT2D eigenvalue weighted by atomic mass is 10.1. The number of anilines is 1. The summed E-state index contributed by atoms with van der Waals surface area (Å²) in [6, 6.07) is 15.1. The van der Waals surface area contributed by atoms with Crippen LogP contribution in [0.5, 0.6) is 0 Å². The predicted molar refractivity (Wildman–Crippen MR) is 106 cm³/mol. The van der Waals surface area contributed by atoms with Crippen molar-refractivity contribution >= 4 is 23.6 Å². The summed E-state index contributed by atoms with van der Waals surface area (Å²) >= 11 is 0. The summed E-state index contributed by atoms with van der Waals surface area (Å²) in [6.45, 7) is 7.96. The number of nitrogens with one attached hydrogen (secondary N) is 2. The smallest absolute Gasteiger partial charge is 0.269 e. The Labute approximate surface area is 154 Å². The molecule has 26 heavy (non-hydrogen) atoms. The Hall–Kier alpha value is -3.08. The van der Waals surface area contributed by atoms with Gasteiger partial charge in [-0.05, 0) is 62.2 Å². The zero-order valence-electron chi connectivity index (χ0n) is 15.5. The summed E-state index contributed by atoms with van der Waals surface area (Å²) < 4.78 is 0. The quantitative estimate of drug-likeness (QED) is 0.620. The Morgan fingerprint density at radius 2 is 1.62 bits per heavy atom. The van der Waals surface area contributed by atoms with Gasteiger partial charge in [0.1, 0.15) is 0 Å². The highest BCUT2D eigenvalue weighted by atomic mass is 16.2. The van der Waals surface area contributed by atoms with Crippen molar-refractivity contribution in [3.05, 3.63) is 71.3 Å². The molecule has 2 aromatic carbocycles. The van der Waals surface area contributed by atoms with Crippen molar-refractivity contribution in [3.63, 3.8) is 0 Å². The number of hydrogen-bond acceptors (Lipinski definition) is 3. The van der Waals surface area contributed by atoms with Crippen LogP contribution in [0, 0.1) is 6.92 Å². The average molecular weight is 351 g/mol. The maximum atomic E-state index is 12.1. The Balaban J connectivity index is 1.90. The second-order valence-electron chi connectivity index (χ2n) is 5.85. The number of amides is 2. The van der Waals surface area contributed by atoms with Gasteiger partial charge in [0.15, 0.2) is 0 Å². The van der Waals surface area contributed by atoms with Crippen LogP contribution in [-0.2, 0) is 4.79 Å². The first kappa shape index (κ1) is 19.2. The highest BCUT2D eigenvalue weighted by molar-refractivity contribution is 5.98. The first-order chi connectivity index (χ1) is 12.5. The minimum absolute atomic E-state index is 0.353. The Kier molecular flexibility index (Phi) is 6.97. The highest BCUT2D eigenvalue weighted by Gasteiger charge is 2.07. The lowest BCUT2D eigenvalue weighted by Gasteiger charge is -2.21. The van der Waals surface area contributed by atoms with E-state index in [-0.39, 0.29) is 11.8 Å². The van der Waals surface area contributed by atoms with E-state index in [1.54, 1.807) is 18.2 Å². The second-order valence-corrected chi connectivity index (χ2v) is 5.85. The third kappa shape index (κ3) is 5.21. The van der Waals surface area contributed by atoms with E-state index in [2.05, 4.69) is 29.6 Å². The molecule has 136 valence electrons. The van der Waals surface area contributed by atoms with Crippen LogP contribution in [0.4, 0.5) is 5.69 Å². The third-order valence-corrected chi connectivity index (χ3v) is 4.16. The van der Waals surface area contributed by atoms with Crippen LogP contribution in [0.2, 0.25) is 0 Å². The highest BCUT2D eigenvalue weighted by Crippen LogP contribution is 2.14. The molecule has 0 fully saturated rings. The fourth-order valence-electron chi connectivity index (χ4n) is 2.58. The monoisotopic (exact) mass is 351 g/mol. The van der Waals surface area contributed by atoms with Gasteiger partial charge in [0.2, 0.25) is 0 Å². The van der Waals surface area contributed by atoms with Gasteiger partial charge in [0, 0.05) is 30.4 Å². The van der Waals surface area contributed by atoms with Crippen LogP contribution in [0.15, 0.2) is 54.6 Å². The first-order valence-electron chi connectivity index (χ1n) is 8.74. The van der Waals surface area contributed by atoms with Gasteiger partial charge in [0.25, 0.3) is 11.8 Å². The van der Waals surface area contributed by atoms with Gasteiger partial charge in [-0.25, -0.2) is 0 Å². The zero-order valence-corrected chi connectivity index (χ0v) is 15.5. The lowest BCUT2D eigenvalue weighted by molar-refractivity contribution is -0.117. The van der Waals surface area contributed by atoms with Gasteiger partial charge in [-0.1, -0.05) is 24.3 Å². The zero-order chi connectivity index (χ0) is 18.9. The molecule has 5 nitrogen and oxygen atoms in total. The minimum atomic E-state index is -0.388. The fraction of sp³-hybridized carbons (Fsp3) is 0.238. The summed E-state index contributed by atoms with van der Waals surface area (Å²) in [4.78, 5) is 26.2. The van der Waals surface area contributed by atoms with E-state index in [4.69, 9.17) is 0 Å². The van der Waals surface area contributed by atoms with E-state index < -0.39 is 0 Å². The lowest BCUT2D eigenvalue weighted by Crippen LogP contribution is -2.40. The van der Waals surface area contributed by atoms with Crippen molar-refractivity contribution in [1.29, 1.82) is 0 Å². The first-order valence-corrected chi connectivity index (χ1v) is 8.74. The van der Waals surface area contributed by atoms with E-state index in [1.165, 1.54) is 6.08 Å². The van der Waals surface area contributed by atoms with Crippen molar-refractivity contribution in [3.8, 4) is 0 Å². The molecule has 0 aromatic heterocycles. The van der Waals surface area contributed by atoms with Crippen molar-refractivity contribution in [2.24, 2.45) is 0 Å². The number of hydrogen-bond donors (Lipinski definition) is 2. The number of hydrazine groups is 1. The van der Waals surface area contributed by atoms with Gasteiger partial charge in [-0.15, -0.1) is 0 Å². The summed E-state index contributed by atoms with van der Waals surface area (Å²) in [5, 5.41) is 0. The molecule has 0 unspecified atom stereocenters. The van der Waals surface area contributed by atoms with Crippen LogP contribution in [0.1, 0.15) is 35.3 Å². The molecule has 0 aliphatic rings. The molecule has 0 radical (unpaired) electrons. The number of benzene rings is 2. The Morgan fingerprint density at radius 1 is 0.962 bits per heavy atom. The topological polar surface area (TPSA) is 61.4 Å². The van der Waals surface area contributed by atoms with E-state index in [0.717, 1.165) is 29.9 Å². The van der Waals surface area contributed by atoms with Crippen LogP contribution < -0.4 is 15.8 Å². The second kappa shape index (κ2) is 9.42. The van der Waals surface area contributed by atoms with Crippen molar-refractivity contribution in [2.45, 2.75) is 20.8 Å². The van der Waals surface area contributed by atoms with E-state index in [9.17, 15) is 9.59 Å². The molecule has 0 bridgehead atoms. The average Bonchev–Trinajstić information content (AvgIpc) is 2.67. The normalized spacial score (nSPS) is 10.6. The maximum Gasteiger partial charge on any atom is 0.269 e. The molecule has 0 saturated carbocycles. The summed E-state index contributed by atoms with van der Waals surface area (Å²) in [5.41, 5.74) is 8.41. The summed E-state index contributed by atoms with van der Waals surface area (Å²) in [7, 11) is 0. The number of carbonyl (C=O) groups excluding carboxylic acids is 2. The number of carbonyl (C=O) groups is 2. The number of aryl methyl sites for hydroxylation is 1. The van der Waals surface area contributed by atoms with E-state index in [0.29, 0.717) is 5.56 Å². The van der Waals surface area contributed by atoms with Crippen LogP contribution in [-0.4, -0.2) is 24.9 Å². The van der Waals surface area contributed by atoms with Gasteiger partial charge in [-0.2, -0.15) is 0 Å². The molecular weight excluding hydrogens is 326 g/mol. The molecule has 0 heterocycles. The molecule has 0 spiro atoms. The minimum Gasteiger partial charge on any atom is -0.372 e. The summed E-state index contributed by atoms with van der Waals surface area (Å²) in [6.07, 6.45) is 3.11. The predicted octanol–water partition coefficient (Wildman–Crippen LogP) is 3.32. The standard InChI is InChI=1S/C21H25N3O2/c1-4-24(5-2)19-13-10-18(11-14-19)21(26)23-22-20(25)15-12-17-9-7-6-8-16(17)3/h6-15H,4-5H2,1-3H3,(H,22,25)(H,23,26)/b15-12+. The molecule has 2 amide bonds. The molecule has 0 saturated heterocycles. The van der Waals surface area contributed by atoms with E-state index in [1.807, 2.05) is 43.3 Å². The molecule has 5 heteroatoms. The Bertz CT molecular complexity index is 778. The molecular formula is C21H25N3O2.